The van der Waals surface area contributed by atoms with Crippen LogP contribution in [0, 0.1) is 10.1 Å². The number of hydrogen-bond donors (Lipinski definition) is 0. The van der Waals surface area contributed by atoms with Crippen molar-refractivity contribution in [1.82, 2.24) is 0 Å². The first-order chi connectivity index (χ1) is 7.75. The summed E-state index contributed by atoms with van der Waals surface area (Å²) in [5.41, 5.74) is 1.74. The van der Waals surface area contributed by atoms with Crippen molar-refractivity contribution in [1.29, 1.82) is 0 Å². The van der Waals surface area contributed by atoms with Crippen LogP contribution < -0.4 is 5.01 Å². The molecule has 1 aromatic rings. The summed E-state index contributed by atoms with van der Waals surface area (Å²) in [6, 6.07) is 9.75. The smallest absolute Gasteiger partial charge is 0.236 e. The van der Waals surface area contributed by atoms with Gasteiger partial charge < -0.3 is 0 Å². The van der Waals surface area contributed by atoms with Crippen molar-refractivity contribution in [2.45, 2.75) is 6.42 Å². The van der Waals surface area contributed by atoms with Crippen molar-refractivity contribution in [2.24, 2.45) is 5.10 Å². The number of hydrogen-bond acceptors (Lipinski definition) is 4. The molecule has 0 amide bonds. The molecule has 0 aromatic heterocycles. The molecule has 0 unspecified atom stereocenters. The fourth-order valence-corrected chi connectivity index (χ4v) is 1.53. The number of rotatable bonds is 3. The lowest BCUT2D eigenvalue weighted by Crippen LogP contribution is -2.11. The third kappa shape index (κ3) is 2.44. The average molecular weight is 217 g/mol. The summed E-state index contributed by atoms with van der Waals surface area (Å²) in [5.74, 6) is 0. The zero-order chi connectivity index (χ0) is 11.4. The third-order valence-corrected chi connectivity index (χ3v) is 2.27. The first-order valence-electron chi connectivity index (χ1n) is 4.97. The standard InChI is InChI=1S/C11H11N3O2/c15-14(16)9-7-10-6-8-13(12-10)11-4-2-1-3-5-11/h1-5,7,9H,6,8H2/b9-7+. The summed E-state index contributed by atoms with van der Waals surface area (Å²) in [7, 11) is 0. The topological polar surface area (TPSA) is 58.7 Å². The molecule has 16 heavy (non-hydrogen) atoms. The van der Waals surface area contributed by atoms with Crippen molar-refractivity contribution in [3.63, 3.8) is 0 Å². The first kappa shape index (κ1) is 10.4. The van der Waals surface area contributed by atoms with Gasteiger partial charge in [-0.3, -0.25) is 15.1 Å². The number of nitro groups is 1. The van der Waals surface area contributed by atoms with Crippen molar-refractivity contribution in [3.8, 4) is 0 Å². The Hall–Kier alpha value is -2.17. The quantitative estimate of drug-likeness (QED) is 0.575. The molecule has 1 aromatic carbocycles. The average Bonchev–Trinajstić information content (AvgIpc) is 2.76. The molecule has 82 valence electrons. The molecule has 0 fully saturated rings. The molecule has 0 radical (unpaired) electrons. The molecule has 0 spiro atoms. The van der Waals surface area contributed by atoms with Gasteiger partial charge in [0.2, 0.25) is 6.20 Å². The molecule has 0 atom stereocenters. The van der Waals surface area contributed by atoms with Gasteiger partial charge >= 0.3 is 0 Å². The van der Waals surface area contributed by atoms with Crippen LogP contribution in [0.2, 0.25) is 0 Å². The maximum absolute atomic E-state index is 10.2. The summed E-state index contributed by atoms with van der Waals surface area (Å²) in [6.07, 6.45) is 3.11. The minimum absolute atomic E-state index is 0.478. The Morgan fingerprint density at radius 1 is 1.38 bits per heavy atom. The molecule has 0 aliphatic carbocycles. The van der Waals surface area contributed by atoms with E-state index in [9.17, 15) is 10.1 Å². The van der Waals surface area contributed by atoms with Gasteiger partial charge in [0.05, 0.1) is 16.3 Å². The molecular formula is C11H11N3O2. The lowest BCUT2D eigenvalue weighted by atomic mass is 10.2. The maximum atomic E-state index is 10.2. The summed E-state index contributed by atoms with van der Waals surface area (Å²) >= 11 is 0. The van der Waals surface area contributed by atoms with E-state index in [-0.39, 0.29) is 0 Å². The molecule has 1 aliphatic rings. The van der Waals surface area contributed by atoms with Gasteiger partial charge in [-0.1, -0.05) is 18.2 Å². The highest BCUT2D eigenvalue weighted by atomic mass is 16.6. The van der Waals surface area contributed by atoms with Crippen molar-refractivity contribution >= 4 is 11.4 Å². The van der Waals surface area contributed by atoms with E-state index in [0.717, 1.165) is 30.6 Å². The van der Waals surface area contributed by atoms with E-state index in [2.05, 4.69) is 5.10 Å². The van der Waals surface area contributed by atoms with Crippen LogP contribution in [0.5, 0.6) is 0 Å². The monoisotopic (exact) mass is 217 g/mol. The SMILES string of the molecule is O=[N+]([O-])/C=C/C1=NN(c2ccccc2)CC1. The van der Waals surface area contributed by atoms with Crippen LogP contribution in [0.1, 0.15) is 6.42 Å². The van der Waals surface area contributed by atoms with Crippen LogP contribution >= 0.6 is 0 Å². The number of para-hydroxylation sites is 1. The Balaban J connectivity index is 2.09. The van der Waals surface area contributed by atoms with Gasteiger partial charge in [0, 0.05) is 19.0 Å². The number of hydrazone groups is 1. The molecule has 0 saturated heterocycles. The molecule has 5 nitrogen and oxygen atoms in total. The van der Waals surface area contributed by atoms with E-state index in [0.29, 0.717) is 0 Å². The second kappa shape index (κ2) is 4.57. The highest BCUT2D eigenvalue weighted by Gasteiger charge is 2.14. The number of anilines is 1. The molecule has 5 heteroatoms. The van der Waals surface area contributed by atoms with Crippen LogP contribution in [-0.4, -0.2) is 17.2 Å². The molecule has 0 N–H and O–H groups in total. The van der Waals surface area contributed by atoms with Gasteiger partial charge in [-0.25, -0.2) is 0 Å². The van der Waals surface area contributed by atoms with E-state index in [1.165, 1.54) is 6.08 Å². The first-order valence-corrected chi connectivity index (χ1v) is 4.97. The summed E-state index contributed by atoms with van der Waals surface area (Å²) in [4.78, 5) is 9.68. The highest BCUT2D eigenvalue weighted by Crippen LogP contribution is 2.18. The fraction of sp³-hybridized carbons (Fsp3) is 0.182. The summed E-state index contributed by atoms with van der Waals surface area (Å²) in [5, 5.41) is 16.3. The van der Waals surface area contributed by atoms with Crippen molar-refractivity contribution < 1.29 is 4.92 Å². The van der Waals surface area contributed by atoms with Gasteiger partial charge in [-0.15, -0.1) is 0 Å². The molecule has 1 heterocycles. The fourth-order valence-electron chi connectivity index (χ4n) is 1.53. The Morgan fingerprint density at radius 2 is 2.12 bits per heavy atom. The zero-order valence-corrected chi connectivity index (χ0v) is 8.61. The predicted octanol–water partition coefficient (Wildman–Crippen LogP) is 2.04. The van der Waals surface area contributed by atoms with E-state index >= 15 is 0 Å². The second-order valence-electron chi connectivity index (χ2n) is 3.40. The van der Waals surface area contributed by atoms with Crippen LogP contribution in [-0.2, 0) is 0 Å². The van der Waals surface area contributed by atoms with Crippen molar-refractivity contribution in [2.75, 3.05) is 11.6 Å². The van der Waals surface area contributed by atoms with Crippen LogP contribution in [0.4, 0.5) is 5.69 Å². The Labute approximate surface area is 92.8 Å². The maximum Gasteiger partial charge on any atom is 0.236 e. The van der Waals surface area contributed by atoms with E-state index < -0.39 is 4.92 Å². The van der Waals surface area contributed by atoms with E-state index in [1.807, 2.05) is 35.3 Å². The van der Waals surface area contributed by atoms with Gasteiger partial charge in [-0.05, 0) is 12.1 Å². The predicted molar refractivity (Wildman–Crippen MR) is 62.0 cm³/mol. The molecular weight excluding hydrogens is 206 g/mol. The summed E-state index contributed by atoms with van der Waals surface area (Å²) in [6.45, 7) is 0.765. The Morgan fingerprint density at radius 3 is 2.81 bits per heavy atom. The minimum Gasteiger partial charge on any atom is -0.265 e. The van der Waals surface area contributed by atoms with Crippen LogP contribution in [0.15, 0.2) is 47.7 Å². The Bertz CT molecular complexity index is 440. The lowest BCUT2D eigenvalue weighted by molar-refractivity contribution is -0.402. The van der Waals surface area contributed by atoms with Gasteiger partial charge in [-0.2, -0.15) is 5.10 Å². The van der Waals surface area contributed by atoms with Crippen LogP contribution in [0.25, 0.3) is 0 Å². The van der Waals surface area contributed by atoms with E-state index in [1.54, 1.807) is 0 Å². The van der Waals surface area contributed by atoms with Gasteiger partial charge in [0.25, 0.3) is 0 Å². The Kier molecular flexibility index (Phi) is 2.95. The lowest BCUT2D eigenvalue weighted by Gasteiger charge is -2.12. The second-order valence-corrected chi connectivity index (χ2v) is 3.40. The summed E-state index contributed by atoms with van der Waals surface area (Å²) < 4.78 is 0. The number of benzene rings is 1. The molecule has 0 bridgehead atoms. The molecule has 0 saturated carbocycles. The van der Waals surface area contributed by atoms with E-state index in [4.69, 9.17) is 0 Å². The van der Waals surface area contributed by atoms with Gasteiger partial charge in [0.1, 0.15) is 0 Å². The minimum atomic E-state index is -0.478. The molecule has 2 rings (SSSR count). The van der Waals surface area contributed by atoms with Gasteiger partial charge in [0.15, 0.2) is 0 Å². The number of allylic oxidation sites excluding steroid dienone is 1. The van der Waals surface area contributed by atoms with Crippen LogP contribution in [0.3, 0.4) is 0 Å². The molecule has 1 aliphatic heterocycles. The number of nitrogens with zero attached hydrogens (tertiary/aromatic N) is 3. The third-order valence-electron chi connectivity index (χ3n) is 2.27. The van der Waals surface area contributed by atoms with Crippen molar-refractivity contribution in [3.05, 3.63) is 52.7 Å². The highest BCUT2D eigenvalue weighted by molar-refractivity contribution is 5.97. The zero-order valence-electron chi connectivity index (χ0n) is 8.61. The largest absolute Gasteiger partial charge is 0.265 e. The normalized spacial score (nSPS) is 15.5.